The number of nitrogens with zero attached hydrogens (tertiary/aromatic N) is 3. The molecule has 4 rings (SSSR count). The lowest BCUT2D eigenvalue weighted by molar-refractivity contribution is 0.345. The van der Waals surface area contributed by atoms with Crippen LogP contribution in [0.25, 0.3) is 0 Å². The first-order valence-electron chi connectivity index (χ1n) is 9.06. The van der Waals surface area contributed by atoms with Crippen molar-refractivity contribution in [3.63, 3.8) is 0 Å². The topological polar surface area (TPSA) is 79.0 Å². The van der Waals surface area contributed by atoms with Gasteiger partial charge in [0.1, 0.15) is 5.82 Å². The van der Waals surface area contributed by atoms with Crippen molar-refractivity contribution in [3.05, 3.63) is 11.6 Å². The Labute approximate surface area is 142 Å². The predicted molar refractivity (Wildman–Crippen MR) is 87.9 cm³/mol. The third-order valence-corrected chi connectivity index (χ3v) is 8.08. The maximum Gasteiger partial charge on any atom is 0.217 e. The molecule has 1 saturated heterocycles. The summed E-state index contributed by atoms with van der Waals surface area (Å²) in [5, 5.41) is 7.09. The van der Waals surface area contributed by atoms with Crippen LogP contribution in [0.3, 0.4) is 0 Å². The molecule has 134 valence electrons. The smallest absolute Gasteiger partial charge is 0.217 e. The third-order valence-electron chi connectivity index (χ3n) is 5.75. The van der Waals surface area contributed by atoms with Gasteiger partial charge in [0, 0.05) is 30.8 Å². The molecule has 2 atom stereocenters. The van der Waals surface area contributed by atoms with E-state index >= 15 is 0 Å². The Balaban J connectivity index is 1.51. The molecule has 1 aromatic rings. The van der Waals surface area contributed by atoms with Crippen molar-refractivity contribution in [3.8, 4) is 0 Å². The lowest BCUT2D eigenvalue weighted by Gasteiger charge is -2.18. The van der Waals surface area contributed by atoms with E-state index in [2.05, 4.69) is 15.2 Å². The van der Waals surface area contributed by atoms with Gasteiger partial charge in [0.15, 0.2) is 5.82 Å². The van der Waals surface area contributed by atoms with Crippen LogP contribution in [-0.2, 0) is 10.0 Å². The highest BCUT2D eigenvalue weighted by Gasteiger charge is 2.47. The van der Waals surface area contributed by atoms with Gasteiger partial charge in [-0.15, -0.1) is 0 Å². The Morgan fingerprint density at radius 3 is 2.54 bits per heavy atom. The second kappa shape index (κ2) is 6.37. The first-order chi connectivity index (χ1) is 11.6. The largest absolute Gasteiger partial charge is 0.263 e. The molecule has 1 aromatic heterocycles. The van der Waals surface area contributed by atoms with Gasteiger partial charge in [0.25, 0.3) is 0 Å². The van der Waals surface area contributed by atoms with Gasteiger partial charge in [-0.05, 0) is 25.7 Å². The fraction of sp³-hybridized carbons (Fsp3) is 0.875. The lowest BCUT2D eigenvalue weighted by atomic mass is 9.89. The molecule has 0 aromatic carbocycles. The molecule has 3 aliphatic rings. The molecule has 1 aliphatic heterocycles. The number of sulfonamides is 1. The summed E-state index contributed by atoms with van der Waals surface area (Å²) in [6.07, 6.45) is 7.37. The molecule has 2 aliphatic carbocycles. The summed E-state index contributed by atoms with van der Waals surface area (Å²) in [5.41, 5.74) is 0. The van der Waals surface area contributed by atoms with Gasteiger partial charge < -0.3 is 0 Å². The van der Waals surface area contributed by atoms with E-state index in [9.17, 15) is 12.8 Å². The lowest BCUT2D eigenvalue weighted by Crippen LogP contribution is -2.32. The minimum Gasteiger partial charge on any atom is -0.263 e. The molecule has 2 saturated carbocycles. The molecular weight excluding hydrogens is 331 g/mol. The molecule has 0 spiro atoms. The van der Waals surface area contributed by atoms with Crippen molar-refractivity contribution in [2.24, 2.45) is 5.92 Å². The molecular formula is C16H25FN4O2S. The number of aromatic nitrogens is 3. The van der Waals surface area contributed by atoms with E-state index in [0.717, 1.165) is 31.5 Å². The molecule has 0 amide bonds. The van der Waals surface area contributed by atoms with E-state index in [4.69, 9.17) is 0 Å². The van der Waals surface area contributed by atoms with Crippen LogP contribution in [-0.4, -0.2) is 52.9 Å². The van der Waals surface area contributed by atoms with E-state index in [-0.39, 0.29) is 23.6 Å². The maximum atomic E-state index is 13.5. The standard InChI is InChI=1S/C16H25FN4O2S/c17-8-12-9-21(24(22,23)13-6-7-13)10-14(12)16-18-15(19-20-16)11-4-2-1-3-5-11/h11-14H,1-10H2,(H,18,19,20)/t12-,14-/m1/s1. The van der Waals surface area contributed by atoms with E-state index < -0.39 is 16.7 Å². The Morgan fingerprint density at radius 2 is 1.88 bits per heavy atom. The number of hydrogen-bond donors (Lipinski definition) is 1. The number of halogens is 1. The molecule has 6 nitrogen and oxygen atoms in total. The van der Waals surface area contributed by atoms with Crippen molar-refractivity contribution < 1.29 is 12.8 Å². The SMILES string of the molecule is O=S(=O)(C1CC1)N1C[C@@H](CF)[C@H](c2nc(C3CCCCC3)n[nH]2)C1. The van der Waals surface area contributed by atoms with Crippen LogP contribution in [0.5, 0.6) is 0 Å². The number of alkyl halides is 1. The second-order valence-corrected chi connectivity index (χ2v) is 9.71. The highest BCUT2D eigenvalue weighted by molar-refractivity contribution is 7.90. The van der Waals surface area contributed by atoms with E-state index in [0.29, 0.717) is 18.3 Å². The van der Waals surface area contributed by atoms with Gasteiger partial charge in [-0.2, -0.15) is 5.10 Å². The zero-order valence-electron chi connectivity index (χ0n) is 13.8. The second-order valence-electron chi connectivity index (χ2n) is 7.50. The fourth-order valence-electron chi connectivity index (χ4n) is 4.08. The average Bonchev–Trinajstić information content (AvgIpc) is 3.20. The summed E-state index contributed by atoms with van der Waals surface area (Å²) in [5.74, 6) is 1.33. The van der Waals surface area contributed by atoms with Gasteiger partial charge >= 0.3 is 0 Å². The third kappa shape index (κ3) is 2.98. The van der Waals surface area contributed by atoms with Crippen LogP contribution in [0.4, 0.5) is 4.39 Å². The van der Waals surface area contributed by atoms with E-state index in [1.54, 1.807) is 0 Å². The molecule has 0 bridgehead atoms. The van der Waals surface area contributed by atoms with Crippen LogP contribution < -0.4 is 0 Å². The summed E-state index contributed by atoms with van der Waals surface area (Å²) in [6.45, 7) is 0.0625. The van der Waals surface area contributed by atoms with Crippen LogP contribution in [0, 0.1) is 5.92 Å². The molecule has 0 unspecified atom stereocenters. The number of hydrogen-bond acceptors (Lipinski definition) is 4. The number of aromatic amines is 1. The summed E-state index contributed by atoms with van der Waals surface area (Å²) < 4.78 is 39.9. The van der Waals surface area contributed by atoms with Gasteiger partial charge in [0.05, 0.1) is 11.9 Å². The highest BCUT2D eigenvalue weighted by Crippen LogP contribution is 2.39. The molecule has 2 heterocycles. The Morgan fingerprint density at radius 1 is 1.12 bits per heavy atom. The zero-order valence-corrected chi connectivity index (χ0v) is 14.6. The quantitative estimate of drug-likeness (QED) is 0.878. The summed E-state index contributed by atoms with van der Waals surface area (Å²) in [7, 11) is -3.26. The monoisotopic (exact) mass is 356 g/mol. The minimum atomic E-state index is -3.26. The first-order valence-corrected chi connectivity index (χ1v) is 10.6. The number of rotatable bonds is 5. The molecule has 3 fully saturated rings. The van der Waals surface area contributed by atoms with Gasteiger partial charge in [-0.3, -0.25) is 9.49 Å². The Kier molecular flexibility index (Phi) is 4.36. The first kappa shape index (κ1) is 16.4. The van der Waals surface area contributed by atoms with Crippen LogP contribution in [0.15, 0.2) is 0 Å². The maximum absolute atomic E-state index is 13.5. The zero-order chi connectivity index (χ0) is 16.7. The molecule has 1 N–H and O–H groups in total. The summed E-state index contributed by atoms with van der Waals surface area (Å²) in [6, 6.07) is 0. The molecule has 8 heteroatoms. The summed E-state index contributed by atoms with van der Waals surface area (Å²) in [4.78, 5) is 4.64. The van der Waals surface area contributed by atoms with Crippen molar-refractivity contribution in [1.29, 1.82) is 0 Å². The molecule has 0 radical (unpaired) electrons. The van der Waals surface area contributed by atoms with Gasteiger partial charge in [-0.1, -0.05) is 19.3 Å². The van der Waals surface area contributed by atoms with Gasteiger partial charge in [0.2, 0.25) is 10.0 Å². The Bertz CT molecular complexity index is 682. The minimum absolute atomic E-state index is 0.214. The summed E-state index contributed by atoms with van der Waals surface area (Å²) >= 11 is 0. The predicted octanol–water partition coefficient (Wildman–Crippen LogP) is 2.33. The number of H-pyrrole nitrogens is 1. The van der Waals surface area contributed by atoms with E-state index in [1.165, 1.54) is 23.6 Å². The van der Waals surface area contributed by atoms with E-state index in [1.807, 2.05) is 0 Å². The van der Waals surface area contributed by atoms with Crippen LogP contribution in [0.1, 0.15) is 68.4 Å². The number of nitrogens with one attached hydrogen (secondary N) is 1. The van der Waals surface area contributed by atoms with Gasteiger partial charge in [-0.25, -0.2) is 17.7 Å². The van der Waals surface area contributed by atoms with Crippen LogP contribution >= 0.6 is 0 Å². The molecule has 24 heavy (non-hydrogen) atoms. The van der Waals surface area contributed by atoms with Crippen molar-refractivity contribution in [2.45, 2.75) is 62.0 Å². The Hall–Kier alpha value is -1.02. The highest BCUT2D eigenvalue weighted by atomic mass is 32.2. The van der Waals surface area contributed by atoms with Crippen molar-refractivity contribution >= 4 is 10.0 Å². The van der Waals surface area contributed by atoms with Crippen LogP contribution in [0.2, 0.25) is 0 Å². The normalized spacial score (nSPS) is 30.0. The van der Waals surface area contributed by atoms with Crippen molar-refractivity contribution in [2.75, 3.05) is 19.8 Å². The fourth-order valence-corrected chi connectivity index (χ4v) is 6.00. The van der Waals surface area contributed by atoms with Crippen molar-refractivity contribution in [1.82, 2.24) is 19.5 Å². The average molecular weight is 356 g/mol.